The molecule has 0 aliphatic carbocycles. The zero-order valence-corrected chi connectivity index (χ0v) is 30.3. The first-order valence-electron chi connectivity index (χ1n) is 18.7. The first-order valence-corrected chi connectivity index (χ1v) is 18.7. The summed E-state index contributed by atoms with van der Waals surface area (Å²) in [4.78, 5) is 0. The van der Waals surface area contributed by atoms with E-state index in [0.29, 0.717) is 0 Å². The zero-order valence-electron chi connectivity index (χ0n) is 30.3. The van der Waals surface area contributed by atoms with Crippen molar-refractivity contribution in [2.75, 3.05) is 0 Å². The maximum absolute atomic E-state index is 5.35. The monoisotopic (exact) mass is 710 g/mol. The summed E-state index contributed by atoms with van der Waals surface area (Å²) in [6.45, 7) is 0. The van der Waals surface area contributed by atoms with Gasteiger partial charge in [0.2, 0.25) is 0 Å². The fourth-order valence-corrected chi connectivity index (χ4v) is 7.74. The molecule has 3 heterocycles. The van der Waals surface area contributed by atoms with Crippen LogP contribution in [0.2, 0.25) is 0 Å². The van der Waals surface area contributed by atoms with Crippen LogP contribution in [0.5, 0.6) is 0 Å². The molecule has 0 unspecified atom stereocenters. The highest BCUT2D eigenvalue weighted by Gasteiger charge is 2.32. The van der Waals surface area contributed by atoms with Crippen LogP contribution < -0.4 is 0 Å². The fraction of sp³-hybridized carbons (Fsp3) is 0.0625. The summed E-state index contributed by atoms with van der Waals surface area (Å²) in [5, 5.41) is 16.1. The highest BCUT2D eigenvalue weighted by atomic mass is 15.4. The van der Waals surface area contributed by atoms with Gasteiger partial charge < -0.3 is 0 Å². The Kier molecular flexibility index (Phi) is 9.56. The summed E-state index contributed by atoms with van der Waals surface area (Å²) in [6.07, 6.45) is 6.16. The van der Waals surface area contributed by atoms with Crippen molar-refractivity contribution in [2.45, 2.75) is 17.8 Å². The van der Waals surface area contributed by atoms with Crippen LogP contribution in [-0.4, -0.2) is 36.2 Å². The second kappa shape index (κ2) is 15.5. The van der Waals surface area contributed by atoms with Crippen LogP contribution in [0.1, 0.15) is 68.2 Å². The minimum absolute atomic E-state index is 0.0493. The Morgan fingerprint density at radius 2 is 0.473 bits per heavy atom. The third-order valence-electron chi connectivity index (χ3n) is 10.3. The second-order valence-electron chi connectivity index (χ2n) is 13.8. The molecule has 0 spiro atoms. The van der Waals surface area contributed by atoms with Crippen LogP contribution in [0.15, 0.2) is 219 Å². The van der Waals surface area contributed by atoms with Gasteiger partial charge in [-0.3, -0.25) is 13.8 Å². The molecule has 0 amide bonds. The number of rotatable bonds is 12. The van der Waals surface area contributed by atoms with Gasteiger partial charge in [-0.2, -0.15) is 15.3 Å². The molecule has 9 aromatic rings. The van der Waals surface area contributed by atoms with Crippen LogP contribution >= 0.6 is 0 Å². The Bertz CT molecular complexity index is 2140. The lowest BCUT2D eigenvalue weighted by Crippen LogP contribution is -2.43. The molecule has 0 bridgehead atoms. The Labute approximate surface area is 322 Å². The average Bonchev–Trinajstić information content (AvgIpc) is 4.05. The molecule has 0 aliphatic rings. The highest BCUT2D eigenvalue weighted by molar-refractivity contribution is 6.52. The van der Waals surface area contributed by atoms with Crippen LogP contribution in [-0.2, 0) is 0 Å². The molecule has 264 valence electrons. The van der Waals surface area contributed by atoms with Crippen LogP contribution in [0.25, 0.3) is 0 Å². The largest absolute Gasteiger partial charge is 0.568 e. The van der Waals surface area contributed by atoms with Gasteiger partial charge in [-0.15, -0.1) is 0 Å². The zero-order chi connectivity index (χ0) is 36.8. The molecule has 3 aromatic heterocycles. The molecule has 9 rings (SSSR count). The predicted molar refractivity (Wildman–Crippen MR) is 220 cm³/mol. The topological polar surface area (TPSA) is 53.5 Å². The third-order valence-corrected chi connectivity index (χ3v) is 10.3. The Balaban J connectivity index is 1.18. The van der Waals surface area contributed by atoms with E-state index in [4.69, 9.17) is 15.3 Å². The molecule has 0 saturated carbocycles. The van der Waals surface area contributed by atoms with E-state index in [1.807, 2.05) is 13.8 Å². The molecular formula is C48H39BN6. The van der Waals surface area contributed by atoms with Gasteiger partial charge in [0, 0.05) is 18.6 Å². The molecule has 0 fully saturated rings. The summed E-state index contributed by atoms with van der Waals surface area (Å²) in [5.74, 6) is -0.148. The second-order valence-corrected chi connectivity index (χ2v) is 13.8. The van der Waals surface area contributed by atoms with E-state index in [0.717, 1.165) is 17.1 Å². The average molecular weight is 711 g/mol. The fourth-order valence-electron chi connectivity index (χ4n) is 7.74. The Morgan fingerprint density at radius 3 is 0.673 bits per heavy atom. The lowest BCUT2D eigenvalue weighted by molar-refractivity contribution is 0.733. The van der Waals surface area contributed by atoms with Gasteiger partial charge in [0.05, 0.1) is 34.8 Å². The number of hydrogen-bond acceptors (Lipinski definition) is 3. The van der Waals surface area contributed by atoms with Gasteiger partial charge in [-0.1, -0.05) is 182 Å². The van der Waals surface area contributed by atoms with Gasteiger partial charge in [-0.25, -0.2) is 0 Å². The maximum atomic E-state index is 5.35. The summed E-state index contributed by atoms with van der Waals surface area (Å²) in [6, 6.07) is 69.9. The van der Waals surface area contributed by atoms with E-state index < -0.39 is 7.12 Å². The maximum Gasteiger partial charge on any atom is 0.568 e. The van der Waals surface area contributed by atoms with E-state index in [2.05, 4.69) is 219 Å². The molecule has 7 heteroatoms. The van der Waals surface area contributed by atoms with Gasteiger partial charge in [-0.05, 0) is 51.6 Å². The van der Waals surface area contributed by atoms with Gasteiger partial charge in [0.15, 0.2) is 0 Å². The summed E-state index contributed by atoms with van der Waals surface area (Å²) in [7, 11) is -0.525. The van der Waals surface area contributed by atoms with Crippen LogP contribution in [0.3, 0.4) is 0 Å². The number of nitrogens with zero attached hydrogens (tertiary/aromatic N) is 6. The molecule has 0 atom stereocenters. The molecule has 6 aromatic carbocycles. The molecule has 6 nitrogen and oxygen atoms in total. The number of aromatic nitrogens is 6. The highest BCUT2D eigenvalue weighted by Crippen LogP contribution is 2.34. The van der Waals surface area contributed by atoms with Gasteiger partial charge >= 0.3 is 7.12 Å². The quantitative estimate of drug-likeness (QED) is 0.119. The molecule has 0 saturated heterocycles. The molecule has 0 aliphatic heterocycles. The lowest BCUT2D eigenvalue weighted by Gasteiger charge is -2.19. The van der Waals surface area contributed by atoms with Crippen molar-refractivity contribution in [1.82, 2.24) is 29.1 Å². The predicted octanol–water partition coefficient (Wildman–Crippen LogP) is 9.75. The molecule has 55 heavy (non-hydrogen) atoms. The van der Waals surface area contributed by atoms with E-state index in [-0.39, 0.29) is 17.8 Å². The molecule has 0 radical (unpaired) electrons. The standard InChI is InChI=1S/C48H39BN6/c1-7-19-37(20-8-1)46(38-21-9-2-10-22-38)43-31-34-53(50-43)49(54-35-32-44(51-54)47(39-23-11-3-12-24-39)40-25-13-4-14-26-40)55-36-33-45(52-55)48(41-27-15-5-16-28-41)42-29-17-6-18-30-42/h1-36,46-48H. The van der Waals surface area contributed by atoms with Gasteiger partial charge in [0.1, 0.15) is 0 Å². The van der Waals surface area contributed by atoms with Crippen molar-refractivity contribution in [1.29, 1.82) is 0 Å². The molecular weight excluding hydrogens is 671 g/mol. The van der Waals surface area contributed by atoms with Crippen LogP contribution in [0, 0.1) is 0 Å². The van der Waals surface area contributed by atoms with Crippen molar-refractivity contribution in [3.63, 3.8) is 0 Å². The van der Waals surface area contributed by atoms with Crippen molar-refractivity contribution in [2.24, 2.45) is 0 Å². The van der Waals surface area contributed by atoms with E-state index in [1.165, 1.54) is 33.4 Å². The minimum Gasteiger partial charge on any atom is -0.268 e. The van der Waals surface area contributed by atoms with Crippen LogP contribution in [0.4, 0.5) is 0 Å². The first-order chi connectivity index (χ1) is 27.3. The third kappa shape index (κ3) is 7.08. The van der Waals surface area contributed by atoms with E-state index in [1.54, 1.807) is 0 Å². The number of benzene rings is 6. The van der Waals surface area contributed by atoms with E-state index in [9.17, 15) is 0 Å². The van der Waals surface area contributed by atoms with Gasteiger partial charge in [0.25, 0.3) is 0 Å². The minimum atomic E-state index is -0.525. The first kappa shape index (κ1) is 33.8. The normalized spacial score (nSPS) is 11.4. The smallest absolute Gasteiger partial charge is 0.268 e. The van der Waals surface area contributed by atoms with E-state index >= 15 is 0 Å². The number of hydrogen-bond donors (Lipinski definition) is 0. The van der Waals surface area contributed by atoms with Crippen molar-refractivity contribution in [3.8, 4) is 0 Å². The molecule has 0 N–H and O–H groups in total. The summed E-state index contributed by atoms with van der Waals surface area (Å²) < 4.78 is 5.96. The SMILES string of the molecule is c1ccc(C(c2ccccc2)c2ccn(B(n3ccc(C(c4ccccc4)c4ccccc4)n3)n3ccc(C(c4ccccc4)c4ccccc4)n3)n2)cc1. The van der Waals surface area contributed by atoms with Crippen molar-refractivity contribution >= 4 is 7.12 Å². The van der Waals surface area contributed by atoms with Crippen molar-refractivity contribution < 1.29 is 0 Å². The van der Waals surface area contributed by atoms with Crippen molar-refractivity contribution in [3.05, 3.63) is 269 Å². The Morgan fingerprint density at radius 1 is 0.273 bits per heavy atom. The summed E-state index contributed by atoms with van der Waals surface area (Å²) in [5.41, 5.74) is 9.92. The Hall–Kier alpha value is -6.99. The lowest BCUT2D eigenvalue weighted by atomic mass is 9.89. The summed E-state index contributed by atoms with van der Waals surface area (Å²) >= 11 is 0.